The quantitative estimate of drug-likeness (QED) is 0.671. The summed E-state index contributed by atoms with van der Waals surface area (Å²) in [4.78, 5) is 0. The zero-order valence-electron chi connectivity index (χ0n) is 8.56. The molecule has 72 valence electrons. The van der Waals surface area contributed by atoms with Crippen molar-refractivity contribution in [1.29, 1.82) is 0 Å². The number of hydrogen-bond acceptors (Lipinski definition) is 2. The molecule has 0 aromatic rings. The van der Waals surface area contributed by atoms with Crippen LogP contribution in [-0.2, 0) is 0 Å². The Morgan fingerprint density at radius 3 is 1.92 bits per heavy atom. The first-order chi connectivity index (χ1) is 5.72. The standard InChI is InChI=1S/C10H22N2/c1-8(2)12-10-6-4-9(11-3)5-7-10/h8-12H,4-7H2,1-3H3. The molecule has 0 aromatic heterocycles. The average Bonchev–Trinajstić information content (AvgIpc) is 2.05. The van der Waals surface area contributed by atoms with E-state index >= 15 is 0 Å². The Morgan fingerprint density at radius 1 is 1.00 bits per heavy atom. The van der Waals surface area contributed by atoms with E-state index in [4.69, 9.17) is 0 Å². The Hall–Kier alpha value is -0.0800. The van der Waals surface area contributed by atoms with Crippen molar-refractivity contribution in [3.05, 3.63) is 0 Å². The van der Waals surface area contributed by atoms with Gasteiger partial charge >= 0.3 is 0 Å². The number of nitrogens with one attached hydrogen (secondary N) is 2. The van der Waals surface area contributed by atoms with Gasteiger partial charge in [0.2, 0.25) is 0 Å². The van der Waals surface area contributed by atoms with E-state index in [1.807, 2.05) is 0 Å². The van der Waals surface area contributed by atoms with Crippen molar-refractivity contribution in [3.63, 3.8) is 0 Å². The summed E-state index contributed by atoms with van der Waals surface area (Å²) in [5.41, 5.74) is 0. The lowest BCUT2D eigenvalue weighted by Crippen LogP contribution is -2.41. The van der Waals surface area contributed by atoms with Gasteiger partial charge in [-0.3, -0.25) is 0 Å². The van der Waals surface area contributed by atoms with E-state index in [0.29, 0.717) is 6.04 Å². The third kappa shape index (κ3) is 3.11. The predicted molar refractivity (Wildman–Crippen MR) is 53.4 cm³/mol. The Balaban J connectivity index is 2.17. The number of rotatable bonds is 3. The van der Waals surface area contributed by atoms with Crippen LogP contribution in [0.1, 0.15) is 39.5 Å². The third-order valence-corrected chi connectivity index (χ3v) is 2.70. The Labute approximate surface area is 76.1 Å². The normalized spacial score (nSPS) is 31.0. The number of hydrogen-bond donors (Lipinski definition) is 2. The van der Waals surface area contributed by atoms with Gasteiger partial charge in [-0.2, -0.15) is 0 Å². The molecule has 0 atom stereocenters. The molecule has 0 aromatic carbocycles. The molecule has 2 nitrogen and oxygen atoms in total. The molecule has 0 spiro atoms. The first-order valence-electron chi connectivity index (χ1n) is 5.15. The molecule has 1 aliphatic carbocycles. The molecule has 0 bridgehead atoms. The summed E-state index contributed by atoms with van der Waals surface area (Å²) >= 11 is 0. The molecule has 12 heavy (non-hydrogen) atoms. The van der Waals surface area contributed by atoms with E-state index in [-0.39, 0.29) is 0 Å². The van der Waals surface area contributed by atoms with Gasteiger partial charge in [0, 0.05) is 18.1 Å². The minimum absolute atomic E-state index is 0.640. The smallest absolute Gasteiger partial charge is 0.00705 e. The molecule has 1 aliphatic rings. The Morgan fingerprint density at radius 2 is 1.50 bits per heavy atom. The predicted octanol–water partition coefficient (Wildman–Crippen LogP) is 1.51. The highest BCUT2D eigenvalue weighted by molar-refractivity contribution is 4.80. The zero-order chi connectivity index (χ0) is 8.97. The average molecular weight is 170 g/mol. The minimum atomic E-state index is 0.640. The topological polar surface area (TPSA) is 24.1 Å². The minimum Gasteiger partial charge on any atom is -0.317 e. The maximum absolute atomic E-state index is 3.60. The first-order valence-corrected chi connectivity index (χ1v) is 5.15. The molecule has 1 saturated carbocycles. The zero-order valence-corrected chi connectivity index (χ0v) is 8.56. The summed E-state index contributed by atoms with van der Waals surface area (Å²) in [5, 5.41) is 6.95. The largest absolute Gasteiger partial charge is 0.317 e. The lowest BCUT2D eigenvalue weighted by molar-refractivity contribution is 0.305. The highest BCUT2D eigenvalue weighted by atomic mass is 15.0. The summed E-state index contributed by atoms with van der Waals surface area (Å²) in [6, 6.07) is 2.19. The molecule has 1 fully saturated rings. The molecule has 0 radical (unpaired) electrons. The lowest BCUT2D eigenvalue weighted by Gasteiger charge is -2.30. The maximum Gasteiger partial charge on any atom is 0.00705 e. The summed E-state index contributed by atoms with van der Waals surface area (Å²) in [7, 11) is 2.07. The fraction of sp³-hybridized carbons (Fsp3) is 1.00. The van der Waals surface area contributed by atoms with Crippen molar-refractivity contribution < 1.29 is 0 Å². The van der Waals surface area contributed by atoms with E-state index in [9.17, 15) is 0 Å². The van der Waals surface area contributed by atoms with Crippen LogP contribution in [0.3, 0.4) is 0 Å². The van der Waals surface area contributed by atoms with E-state index in [0.717, 1.165) is 12.1 Å². The van der Waals surface area contributed by atoms with E-state index in [1.54, 1.807) is 0 Å². The van der Waals surface area contributed by atoms with Crippen LogP contribution in [0.4, 0.5) is 0 Å². The molecule has 0 aliphatic heterocycles. The van der Waals surface area contributed by atoms with Crippen molar-refractivity contribution in [2.45, 2.75) is 57.7 Å². The van der Waals surface area contributed by atoms with Crippen LogP contribution in [0.2, 0.25) is 0 Å². The van der Waals surface area contributed by atoms with Crippen molar-refractivity contribution in [2.24, 2.45) is 0 Å². The second-order valence-corrected chi connectivity index (χ2v) is 4.16. The summed E-state index contributed by atoms with van der Waals surface area (Å²) in [6.07, 6.45) is 5.34. The molecule has 0 amide bonds. The third-order valence-electron chi connectivity index (χ3n) is 2.70. The van der Waals surface area contributed by atoms with Crippen molar-refractivity contribution in [3.8, 4) is 0 Å². The van der Waals surface area contributed by atoms with Crippen LogP contribution in [0.15, 0.2) is 0 Å². The van der Waals surface area contributed by atoms with E-state index < -0.39 is 0 Å². The highest BCUT2D eigenvalue weighted by Gasteiger charge is 2.19. The summed E-state index contributed by atoms with van der Waals surface area (Å²) in [5.74, 6) is 0. The van der Waals surface area contributed by atoms with Crippen LogP contribution < -0.4 is 10.6 Å². The molecule has 2 N–H and O–H groups in total. The van der Waals surface area contributed by atoms with E-state index in [1.165, 1.54) is 25.7 Å². The van der Waals surface area contributed by atoms with Crippen molar-refractivity contribution in [2.75, 3.05) is 7.05 Å². The van der Waals surface area contributed by atoms with Crippen LogP contribution in [-0.4, -0.2) is 25.2 Å². The molecule has 2 heteroatoms. The van der Waals surface area contributed by atoms with Gasteiger partial charge in [-0.05, 0) is 32.7 Å². The van der Waals surface area contributed by atoms with Gasteiger partial charge < -0.3 is 10.6 Å². The lowest BCUT2D eigenvalue weighted by atomic mass is 9.91. The molecule has 0 unspecified atom stereocenters. The van der Waals surface area contributed by atoms with E-state index in [2.05, 4.69) is 31.5 Å². The summed E-state index contributed by atoms with van der Waals surface area (Å²) in [6.45, 7) is 4.45. The summed E-state index contributed by atoms with van der Waals surface area (Å²) < 4.78 is 0. The second-order valence-electron chi connectivity index (χ2n) is 4.16. The van der Waals surface area contributed by atoms with Gasteiger partial charge in [0.05, 0.1) is 0 Å². The molecule has 1 rings (SSSR count). The van der Waals surface area contributed by atoms with Gasteiger partial charge in [0.15, 0.2) is 0 Å². The van der Waals surface area contributed by atoms with Gasteiger partial charge in [-0.1, -0.05) is 13.8 Å². The Bertz CT molecular complexity index is 115. The van der Waals surface area contributed by atoms with Crippen molar-refractivity contribution >= 4 is 0 Å². The van der Waals surface area contributed by atoms with Crippen molar-refractivity contribution in [1.82, 2.24) is 10.6 Å². The van der Waals surface area contributed by atoms with Crippen LogP contribution in [0.5, 0.6) is 0 Å². The van der Waals surface area contributed by atoms with Gasteiger partial charge in [0.1, 0.15) is 0 Å². The van der Waals surface area contributed by atoms with Gasteiger partial charge in [0.25, 0.3) is 0 Å². The van der Waals surface area contributed by atoms with Crippen LogP contribution in [0.25, 0.3) is 0 Å². The SMILES string of the molecule is CNC1CCC(NC(C)C)CC1. The fourth-order valence-corrected chi connectivity index (χ4v) is 2.02. The molecule has 0 heterocycles. The Kier molecular flexibility index (Phi) is 4.02. The molecular formula is C10H22N2. The maximum atomic E-state index is 3.60. The molecule has 0 saturated heterocycles. The highest BCUT2D eigenvalue weighted by Crippen LogP contribution is 2.18. The van der Waals surface area contributed by atoms with Crippen LogP contribution in [0, 0.1) is 0 Å². The monoisotopic (exact) mass is 170 g/mol. The second kappa shape index (κ2) is 4.83. The van der Waals surface area contributed by atoms with Crippen LogP contribution >= 0.6 is 0 Å². The molecular weight excluding hydrogens is 148 g/mol. The first kappa shape index (κ1) is 10.0. The van der Waals surface area contributed by atoms with Gasteiger partial charge in [-0.25, -0.2) is 0 Å². The van der Waals surface area contributed by atoms with Gasteiger partial charge in [-0.15, -0.1) is 0 Å². The fourth-order valence-electron chi connectivity index (χ4n) is 2.02.